The van der Waals surface area contributed by atoms with Crippen molar-refractivity contribution in [1.29, 1.82) is 0 Å². The molecule has 0 aromatic heterocycles. The summed E-state index contributed by atoms with van der Waals surface area (Å²) in [7, 11) is 0. The number of ether oxygens (including phenoxy) is 2. The van der Waals surface area contributed by atoms with Crippen LogP contribution in [0.4, 0.5) is 0 Å². The van der Waals surface area contributed by atoms with Crippen LogP contribution in [0.25, 0.3) is 10.8 Å². The van der Waals surface area contributed by atoms with Gasteiger partial charge in [0, 0.05) is 6.07 Å². The van der Waals surface area contributed by atoms with Crippen LogP contribution in [0, 0.1) is 6.07 Å². The van der Waals surface area contributed by atoms with Crippen molar-refractivity contribution in [2.75, 3.05) is 13.2 Å². The van der Waals surface area contributed by atoms with Crippen LogP contribution in [0.3, 0.4) is 0 Å². The van der Waals surface area contributed by atoms with Gasteiger partial charge in [-0.3, -0.25) is 0 Å². The maximum Gasteiger partial charge on any atom is 0.338 e. The number of carbonyl (C=O) groups is 2. The first-order valence-electron chi connectivity index (χ1n) is 8.46. The van der Waals surface area contributed by atoms with Gasteiger partial charge in [-0.15, -0.1) is 0 Å². The Hall–Kier alpha value is -2.36. The summed E-state index contributed by atoms with van der Waals surface area (Å²) in [5.74, 6) is -0.693. The summed E-state index contributed by atoms with van der Waals surface area (Å²) in [5.41, 5.74) is 0.905. The second kappa shape index (κ2) is 9.06. The Morgan fingerprint density at radius 3 is 2.25 bits per heavy atom. The average Bonchev–Trinajstić information content (AvgIpc) is 2.61. The minimum Gasteiger partial charge on any atom is -0.462 e. The summed E-state index contributed by atoms with van der Waals surface area (Å²) < 4.78 is 10.4. The van der Waals surface area contributed by atoms with Gasteiger partial charge in [0.1, 0.15) is 0 Å². The highest BCUT2D eigenvalue weighted by molar-refractivity contribution is 5.98. The Labute approximate surface area is 142 Å². The predicted molar refractivity (Wildman–Crippen MR) is 93.2 cm³/mol. The van der Waals surface area contributed by atoms with Gasteiger partial charge in [-0.2, -0.15) is 0 Å². The lowest BCUT2D eigenvalue weighted by Crippen LogP contribution is -2.07. The molecule has 0 spiro atoms. The lowest BCUT2D eigenvalue weighted by molar-refractivity contribution is 0.0490. The molecule has 1 radical (unpaired) electrons. The number of carbonyl (C=O) groups excluding carboxylic acids is 2. The molecule has 0 aliphatic heterocycles. The van der Waals surface area contributed by atoms with Crippen molar-refractivity contribution in [3.05, 3.63) is 47.5 Å². The second-order valence-electron chi connectivity index (χ2n) is 5.65. The topological polar surface area (TPSA) is 52.6 Å². The lowest BCUT2D eigenvalue weighted by Gasteiger charge is -2.07. The molecule has 0 fully saturated rings. The number of unbranched alkanes of at least 4 members (excludes halogenated alkanes) is 2. The van der Waals surface area contributed by atoms with Gasteiger partial charge in [0.15, 0.2) is 0 Å². The van der Waals surface area contributed by atoms with E-state index in [1.165, 1.54) is 0 Å². The van der Waals surface area contributed by atoms with Gasteiger partial charge in [0.2, 0.25) is 0 Å². The monoisotopic (exact) mass is 327 g/mol. The zero-order valence-corrected chi connectivity index (χ0v) is 14.3. The fourth-order valence-corrected chi connectivity index (χ4v) is 2.20. The van der Waals surface area contributed by atoms with E-state index >= 15 is 0 Å². The predicted octanol–water partition coefficient (Wildman–Crippen LogP) is 4.55. The van der Waals surface area contributed by atoms with Crippen molar-refractivity contribution in [2.24, 2.45) is 0 Å². The van der Waals surface area contributed by atoms with E-state index < -0.39 is 0 Å². The average molecular weight is 327 g/mol. The van der Waals surface area contributed by atoms with Gasteiger partial charge in [-0.25, -0.2) is 9.59 Å². The van der Waals surface area contributed by atoms with Crippen LogP contribution in [0.5, 0.6) is 0 Å². The van der Waals surface area contributed by atoms with Crippen molar-refractivity contribution < 1.29 is 19.1 Å². The zero-order valence-electron chi connectivity index (χ0n) is 14.3. The molecule has 2 rings (SSSR count). The summed E-state index contributed by atoms with van der Waals surface area (Å²) in [6.45, 7) is 4.94. The minimum atomic E-state index is -0.367. The molecule has 0 amide bonds. The molecular weight excluding hydrogens is 304 g/mol. The van der Waals surface area contributed by atoms with Gasteiger partial charge in [0.25, 0.3) is 0 Å². The first kappa shape index (κ1) is 18.0. The van der Waals surface area contributed by atoms with E-state index in [0.717, 1.165) is 36.5 Å². The molecule has 127 valence electrons. The van der Waals surface area contributed by atoms with Gasteiger partial charge in [0.05, 0.1) is 24.3 Å². The molecule has 2 aromatic rings. The van der Waals surface area contributed by atoms with Crippen molar-refractivity contribution >= 4 is 22.7 Å². The van der Waals surface area contributed by atoms with Crippen LogP contribution < -0.4 is 0 Å². The molecule has 0 bridgehead atoms. The lowest BCUT2D eigenvalue weighted by atomic mass is 10.0. The van der Waals surface area contributed by atoms with E-state index in [-0.39, 0.29) is 11.9 Å². The highest BCUT2D eigenvalue weighted by atomic mass is 16.5. The van der Waals surface area contributed by atoms with Crippen LogP contribution in [0.2, 0.25) is 0 Å². The molecule has 2 aromatic carbocycles. The van der Waals surface area contributed by atoms with E-state index in [0.29, 0.717) is 24.3 Å². The van der Waals surface area contributed by atoms with Crippen LogP contribution in [0.1, 0.15) is 60.2 Å². The highest BCUT2D eigenvalue weighted by Crippen LogP contribution is 2.19. The molecular formula is C20H23O4. The largest absolute Gasteiger partial charge is 0.462 e. The zero-order chi connectivity index (χ0) is 17.4. The van der Waals surface area contributed by atoms with Crippen molar-refractivity contribution in [3.8, 4) is 0 Å². The van der Waals surface area contributed by atoms with Crippen molar-refractivity contribution in [1.82, 2.24) is 0 Å². The first-order valence-corrected chi connectivity index (χ1v) is 8.46. The van der Waals surface area contributed by atoms with Crippen LogP contribution in [-0.4, -0.2) is 25.2 Å². The van der Waals surface area contributed by atoms with E-state index in [4.69, 9.17) is 9.47 Å². The summed E-state index contributed by atoms with van der Waals surface area (Å²) in [5, 5.41) is 1.61. The van der Waals surface area contributed by atoms with E-state index in [2.05, 4.69) is 6.07 Å². The highest BCUT2D eigenvalue weighted by Gasteiger charge is 2.11. The molecule has 0 N–H and O–H groups in total. The summed E-state index contributed by atoms with van der Waals surface area (Å²) in [4.78, 5) is 23.9. The summed E-state index contributed by atoms with van der Waals surface area (Å²) >= 11 is 0. The molecule has 0 atom stereocenters. The maximum absolute atomic E-state index is 12.0. The molecule has 4 nitrogen and oxygen atoms in total. The number of esters is 2. The molecule has 0 heterocycles. The van der Waals surface area contributed by atoms with Gasteiger partial charge < -0.3 is 9.47 Å². The third-order valence-corrected chi connectivity index (χ3v) is 3.67. The molecule has 0 unspecified atom stereocenters. The van der Waals surface area contributed by atoms with Crippen LogP contribution in [0.15, 0.2) is 30.3 Å². The molecule has 0 aliphatic carbocycles. The molecule has 4 heteroatoms. The summed E-state index contributed by atoms with van der Waals surface area (Å²) in [6.07, 6.45) is 3.67. The van der Waals surface area contributed by atoms with Crippen LogP contribution >= 0.6 is 0 Å². The minimum absolute atomic E-state index is 0.326. The standard InChI is InChI=1S/C20H23O4/c1-3-5-11-23-19(21)17-9-7-16-14-18(10-8-15(16)13-17)20(22)24-12-6-4-2/h7-10,13H,3-6,11-12H2,1-2H3. The van der Waals surface area contributed by atoms with E-state index in [9.17, 15) is 9.59 Å². The third-order valence-electron chi connectivity index (χ3n) is 3.67. The quantitative estimate of drug-likeness (QED) is 0.527. The summed E-state index contributed by atoms with van der Waals surface area (Å²) in [6, 6.07) is 11.7. The number of hydrogen-bond acceptors (Lipinski definition) is 4. The molecule has 0 saturated heterocycles. The van der Waals surface area contributed by atoms with E-state index in [1.807, 2.05) is 13.8 Å². The Balaban J connectivity index is 2.10. The molecule has 0 aliphatic rings. The fourth-order valence-electron chi connectivity index (χ4n) is 2.20. The normalized spacial score (nSPS) is 10.6. The first-order chi connectivity index (χ1) is 11.7. The van der Waals surface area contributed by atoms with E-state index in [1.54, 1.807) is 30.3 Å². The number of hydrogen-bond donors (Lipinski definition) is 0. The van der Waals surface area contributed by atoms with Crippen LogP contribution in [-0.2, 0) is 9.47 Å². The second-order valence-corrected chi connectivity index (χ2v) is 5.65. The van der Waals surface area contributed by atoms with Crippen molar-refractivity contribution in [2.45, 2.75) is 39.5 Å². The molecule has 0 saturated carbocycles. The Bertz CT molecular complexity index is 645. The third kappa shape index (κ3) is 4.82. The number of rotatable bonds is 8. The Morgan fingerprint density at radius 2 is 1.58 bits per heavy atom. The number of fused-ring (bicyclic) bond motifs is 1. The fraction of sp³-hybridized carbons (Fsp3) is 0.400. The Kier molecular flexibility index (Phi) is 6.79. The Morgan fingerprint density at radius 1 is 0.917 bits per heavy atom. The van der Waals surface area contributed by atoms with Gasteiger partial charge in [-0.1, -0.05) is 38.8 Å². The SMILES string of the molecule is CCCCOC(=O)c1[c]c2ccc(C(=O)OCCCC)cc2cc1. The molecule has 24 heavy (non-hydrogen) atoms. The van der Waals surface area contributed by atoms with Crippen molar-refractivity contribution in [3.63, 3.8) is 0 Å². The van der Waals surface area contributed by atoms with Gasteiger partial charge in [-0.05, 0) is 41.8 Å². The van der Waals surface area contributed by atoms with Gasteiger partial charge >= 0.3 is 11.9 Å². The number of benzene rings is 2. The maximum atomic E-state index is 12.0. The smallest absolute Gasteiger partial charge is 0.338 e.